The summed E-state index contributed by atoms with van der Waals surface area (Å²) in [5, 5.41) is 2.79. The van der Waals surface area contributed by atoms with E-state index in [0.717, 1.165) is 15.7 Å². The number of aryl methyl sites for hydroxylation is 3. The number of ether oxygens (including phenoxy) is 1. The summed E-state index contributed by atoms with van der Waals surface area (Å²) >= 11 is 0. The van der Waals surface area contributed by atoms with Crippen molar-refractivity contribution in [2.24, 2.45) is 0 Å². The number of fused-ring (bicyclic) bond motifs is 1. The molecule has 3 rings (SSSR count). The Morgan fingerprint density at radius 2 is 2.00 bits per heavy atom. The molecule has 146 valence electrons. The van der Waals surface area contributed by atoms with Crippen LogP contribution < -0.4 is 10.9 Å². The van der Waals surface area contributed by atoms with Gasteiger partial charge in [-0.25, -0.2) is 9.78 Å². The van der Waals surface area contributed by atoms with E-state index in [1.54, 1.807) is 13.8 Å². The van der Waals surface area contributed by atoms with E-state index in [1.165, 1.54) is 6.33 Å². The van der Waals surface area contributed by atoms with Gasteiger partial charge in [0.05, 0.1) is 6.61 Å². The number of rotatable bonds is 5. The zero-order chi connectivity index (χ0) is 20.4. The van der Waals surface area contributed by atoms with Crippen LogP contribution in [-0.2, 0) is 16.1 Å². The van der Waals surface area contributed by atoms with E-state index in [1.807, 2.05) is 32.0 Å². The number of benzene rings is 1. The SMILES string of the molecule is CCOC(=O)c1c(C)oc2ncn(CC(=O)Nc3ccc(C)cc3C)c(=O)c12. The zero-order valence-electron chi connectivity index (χ0n) is 16.2. The number of amides is 1. The van der Waals surface area contributed by atoms with Crippen LogP contribution in [0.2, 0.25) is 0 Å². The first-order chi connectivity index (χ1) is 13.3. The van der Waals surface area contributed by atoms with Crippen molar-refractivity contribution < 1.29 is 18.7 Å². The van der Waals surface area contributed by atoms with E-state index in [2.05, 4.69) is 10.3 Å². The lowest BCUT2D eigenvalue weighted by Gasteiger charge is -2.10. The Balaban J connectivity index is 1.92. The number of aromatic nitrogens is 2. The van der Waals surface area contributed by atoms with Crippen molar-refractivity contribution in [3.05, 3.63) is 57.3 Å². The highest BCUT2D eigenvalue weighted by atomic mass is 16.5. The molecule has 0 radical (unpaired) electrons. The Kier molecular flexibility index (Phi) is 5.30. The minimum absolute atomic E-state index is 0.0118. The second-order valence-electron chi connectivity index (χ2n) is 6.48. The number of hydrogen-bond acceptors (Lipinski definition) is 6. The lowest BCUT2D eigenvalue weighted by atomic mass is 10.1. The topological polar surface area (TPSA) is 103 Å². The largest absolute Gasteiger partial charge is 0.462 e. The molecule has 8 nitrogen and oxygen atoms in total. The summed E-state index contributed by atoms with van der Waals surface area (Å²) in [5.74, 6) is -0.793. The summed E-state index contributed by atoms with van der Waals surface area (Å²) in [6.07, 6.45) is 1.23. The molecule has 0 aliphatic carbocycles. The van der Waals surface area contributed by atoms with Gasteiger partial charge in [-0.05, 0) is 39.3 Å². The van der Waals surface area contributed by atoms with Crippen LogP contribution in [0.4, 0.5) is 5.69 Å². The molecule has 0 saturated heterocycles. The molecule has 1 N–H and O–H groups in total. The number of carbonyl (C=O) groups is 2. The van der Waals surface area contributed by atoms with Gasteiger partial charge in [0, 0.05) is 5.69 Å². The van der Waals surface area contributed by atoms with E-state index < -0.39 is 11.5 Å². The molecule has 8 heteroatoms. The fraction of sp³-hybridized carbons (Fsp3) is 0.300. The number of nitrogens with one attached hydrogen (secondary N) is 1. The van der Waals surface area contributed by atoms with Crippen LogP contribution >= 0.6 is 0 Å². The minimum atomic E-state index is -0.657. The van der Waals surface area contributed by atoms with Crippen molar-refractivity contribution in [2.75, 3.05) is 11.9 Å². The number of furan rings is 1. The summed E-state index contributed by atoms with van der Waals surface area (Å²) < 4.78 is 11.5. The van der Waals surface area contributed by atoms with Crippen molar-refractivity contribution in [2.45, 2.75) is 34.2 Å². The van der Waals surface area contributed by atoms with Crippen LogP contribution in [0, 0.1) is 20.8 Å². The van der Waals surface area contributed by atoms with Gasteiger partial charge >= 0.3 is 5.97 Å². The maximum atomic E-state index is 12.8. The molecule has 0 spiro atoms. The molecule has 0 atom stereocenters. The van der Waals surface area contributed by atoms with Crippen LogP contribution in [0.1, 0.15) is 34.2 Å². The van der Waals surface area contributed by atoms with Crippen LogP contribution in [0.3, 0.4) is 0 Å². The Bertz CT molecular complexity index is 1130. The van der Waals surface area contributed by atoms with E-state index in [9.17, 15) is 14.4 Å². The minimum Gasteiger partial charge on any atom is -0.462 e. The van der Waals surface area contributed by atoms with Crippen molar-refractivity contribution in [3.8, 4) is 0 Å². The number of esters is 1. The fourth-order valence-corrected chi connectivity index (χ4v) is 3.00. The second kappa shape index (κ2) is 7.67. The predicted octanol–water partition coefficient (Wildman–Crippen LogP) is 2.73. The molecule has 0 aliphatic heterocycles. The summed E-state index contributed by atoms with van der Waals surface area (Å²) in [7, 11) is 0. The van der Waals surface area contributed by atoms with Gasteiger partial charge in [-0.2, -0.15) is 0 Å². The Labute approximate surface area is 161 Å². The Morgan fingerprint density at radius 3 is 2.68 bits per heavy atom. The number of carbonyl (C=O) groups excluding carboxylic acids is 2. The van der Waals surface area contributed by atoms with Crippen molar-refractivity contribution in [1.29, 1.82) is 0 Å². The van der Waals surface area contributed by atoms with E-state index in [-0.39, 0.29) is 41.5 Å². The number of hydrogen-bond donors (Lipinski definition) is 1. The molecule has 2 aromatic heterocycles. The maximum absolute atomic E-state index is 12.8. The predicted molar refractivity (Wildman–Crippen MR) is 104 cm³/mol. The average molecular weight is 383 g/mol. The first kappa shape index (κ1) is 19.3. The number of anilines is 1. The molecule has 0 bridgehead atoms. The van der Waals surface area contributed by atoms with Crippen LogP contribution in [0.15, 0.2) is 33.7 Å². The van der Waals surface area contributed by atoms with E-state index in [0.29, 0.717) is 5.69 Å². The van der Waals surface area contributed by atoms with Crippen molar-refractivity contribution in [1.82, 2.24) is 9.55 Å². The monoisotopic (exact) mass is 383 g/mol. The molecule has 1 amide bonds. The first-order valence-electron chi connectivity index (χ1n) is 8.84. The quantitative estimate of drug-likeness (QED) is 0.680. The smallest absolute Gasteiger partial charge is 0.342 e. The lowest BCUT2D eigenvalue weighted by Crippen LogP contribution is -2.28. The zero-order valence-corrected chi connectivity index (χ0v) is 16.2. The fourth-order valence-electron chi connectivity index (χ4n) is 3.00. The summed E-state index contributed by atoms with van der Waals surface area (Å²) in [6, 6.07) is 5.66. The third-order valence-electron chi connectivity index (χ3n) is 4.30. The third-order valence-corrected chi connectivity index (χ3v) is 4.30. The normalized spacial score (nSPS) is 10.9. The van der Waals surface area contributed by atoms with Crippen LogP contribution in [-0.4, -0.2) is 28.0 Å². The standard InChI is InChI=1S/C20H21N3O5/c1-5-27-20(26)16-13(4)28-18-17(16)19(25)23(10-21-18)9-15(24)22-14-7-6-11(2)8-12(14)3/h6-8,10H,5,9H2,1-4H3,(H,22,24). The van der Waals surface area contributed by atoms with Crippen LogP contribution in [0.25, 0.3) is 11.1 Å². The van der Waals surface area contributed by atoms with Gasteiger partial charge < -0.3 is 14.5 Å². The summed E-state index contributed by atoms with van der Waals surface area (Å²) in [4.78, 5) is 41.5. The van der Waals surface area contributed by atoms with Gasteiger partial charge in [0.15, 0.2) is 0 Å². The van der Waals surface area contributed by atoms with Crippen molar-refractivity contribution >= 4 is 28.7 Å². The second-order valence-corrected chi connectivity index (χ2v) is 6.48. The molecule has 0 saturated carbocycles. The highest BCUT2D eigenvalue weighted by molar-refractivity contribution is 6.03. The molecular weight excluding hydrogens is 362 g/mol. The lowest BCUT2D eigenvalue weighted by molar-refractivity contribution is -0.116. The average Bonchev–Trinajstić information content (AvgIpc) is 2.97. The molecule has 3 aromatic rings. The molecule has 0 fully saturated rings. The third kappa shape index (κ3) is 3.66. The van der Waals surface area contributed by atoms with Crippen LogP contribution in [0.5, 0.6) is 0 Å². The maximum Gasteiger partial charge on any atom is 0.342 e. The van der Waals surface area contributed by atoms with Gasteiger partial charge in [-0.15, -0.1) is 0 Å². The molecule has 1 aromatic carbocycles. The van der Waals surface area contributed by atoms with Gasteiger partial charge in [0.1, 0.15) is 29.6 Å². The summed E-state index contributed by atoms with van der Waals surface area (Å²) in [5.41, 5.74) is 2.22. The van der Waals surface area contributed by atoms with Crippen molar-refractivity contribution in [3.63, 3.8) is 0 Å². The molecule has 28 heavy (non-hydrogen) atoms. The van der Waals surface area contributed by atoms with Gasteiger partial charge in [0.2, 0.25) is 11.6 Å². The van der Waals surface area contributed by atoms with E-state index >= 15 is 0 Å². The highest BCUT2D eigenvalue weighted by Crippen LogP contribution is 2.22. The Morgan fingerprint density at radius 1 is 1.25 bits per heavy atom. The van der Waals surface area contributed by atoms with Gasteiger partial charge in [0.25, 0.3) is 5.56 Å². The summed E-state index contributed by atoms with van der Waals surface area (Å²) in [6.45, 7) is 7.00. The molecular formula is C20H21N3O5. The van der Waals surface area contributed by atoms with Gasteiger partial charge in [-0.3, -0.25) is 14.2 Å². The molecule has 0 aliphatic rings. The van der Waals surface area contributed by atoms with E-state index in [4.69, 9.17) is 9.15 Å². The molecule has 2 heterocycles. The Hall–Kier alpha value is -3.42. The van der Waals surface area contributed by atoms with Gasteiger partial charge in [-0.1, -0.05) is 17.7 Å². The first-order valence-corrected chi connectivity index (χ1v) is 8.84. The highest BCUT2D eigenvalue weighted by Gasteiger charge is 2.24. The number of nitrogens with zero attached hydrogens (tertiary/aromatic N) is 2. The molecule has 0 unspecified atom stereocenters.